The second-order valence-corrected chi connectivity index (χ2v) is 6.25. The van der Waals surface area contributed by atoms with Crippen LogP contribution in [0.15, 0.2) is 40.9 Å². The zero-order valence-corrected chi connectivity index (χ0v) is 14.6. The molecule has 1 N–H and O–H groups in total. The number of hydrogen-bond donors (Lipinski definition) is 1. The molecular weight excluding hydrogens is 319 g/mol. The molecule has 0 radical (unpaired) electrons. The molecule has 0 saturated heterocycles. The third-order valence-corrected chi connectivity index (χ3v) is 4.30. The summed E-state index contributed by atoms with van der Waals surface area (Å²) in [5.41, 5.74) is 2.79. The molecule has 0 bridgehead atoms. The van der Waals surface area contributed by atoms with Crippen LogP contribution in [0.4, 0.5) is 4.39 Å². The largest absolute Gasteiger partial charge is 0.507 e. The van der Waals surface area contributed by atoms with Crippen LogP contribution in [-0.2, 0) is 6.54 Å². The average Bonchev–Trinajstić information content (AvgIpc) is 3.03. The lowest BCUT2D eigenvalue weighted by Gasteiger charge is -2.21. The molecule has 1 aromatic heterocycles. The van der Waals surface area contributed by atoms with Gasteiger partial charge in [-0.15, -0.1) is 0 Å². The van der Waals surface area contributed by atoms with Gasteiger partial charge in [0.2, 0.25) is 0 Å². The summed E-state index contributed by atoms with van der Waals surface area (Å²) >= 11 is 0. The fraction of sp³-hybridized carbons (Fsp3) is 0.350. The number of benzene rings is 2. The summed E-state index contributed by atoms with van der Waals surface area (Å²) in [5.74, 6) is -0.0730. The normalized spacial score (nSPS) is 11.5. The van der Waals surface area contributed by atoms with Crippen LogP contribution in [0.5, 0.6) is 5.75 Å². The second-order valence-electron chi connectivity index (χ2n) is 6.25. The van der Waals surface area contributed by atoms with Gasteiger partial charge in [-0.25, -0.2) is 4.39 Å². The zero-order chi connectivity index (χ0) is 17.8. The number of aromatic hydroxyl groups is 1. The molecule has 25 heavy (non-hydrogen) atoms. The van der Waals surface area contributed by atoms with E-state index in [0.717, 1.165) is 42.4 Å². The number of halogens is 1. The van der Waals surface area contributed by atoms with Crippen molar-refractivity contribution in [3.05, 3.63) is 47.8 Å². The Bertz CT molecular complexity index is 837. The molecule has 3 rings (SSSR count). The Labute approximate surface area is 146 Å². The van der Waals surface area contributed by atoms with Crippen LogP contribution in [-0.4, -0.2) is 28.3 Å². The predicted molar refractivity (Wildman–Crippen MR) is 96.9 cm³/mol. The Balaban J connectivity index is 2.02. The summed E-state index contributed by atoms with van der Waals surface area (Å²) in [4.78, 5) is 2.30. The van der Waals surface area contributed by atoms with Crippen molar-refractivity contribution in [1.29, 1.82) is 0 Å². The third kappa shape index (κ3) is 3.66. The van der Waals surface area contributed by atoms with E-state index in [9.17, 15) is 9.50 Å². The lowest BCUT2D eigenvalue weighted by molar-refractivity contribution is 0.262. The molecule has 0 spiro atoms. The topological polar surface area (TPSA) is 49.5 Å². The molecule has 4 nitrogen and oxygen atoms in total. The molecule has 0 fully saturated rings. The SMILES string of the molecule is CCCN(CCC)Cc1c(O)ccc2c(-c3ccc(F)cc3)noc12. The molecule has 0 saturated carbocycles. The van der Waals surface area contributed by atoms with E-state index in [1.807, 2.05) is 0 Å². The number of nitrogens with zero attached hydrogens (tertiary/aromatic N) is 2. The minimum Gasteiger partial charge on any atom is -0.507 e. The highest BCUT2D eigenvalue weighted by Gasteiger charge is 2.18. The number of fused-ring (bicyclic) bond motifs is 1. The first-order chi connectivity index (χ1) is 12.1. The van der Waals surface area contributed by atoms with Crippen LogP contribution in [0.25, 0.3) is 22.2 Å². The van der Waals surface area contributed by atoms with Crippen molar-refractivity contribution >= 4 is 11.0 Å². The van der Waals surface area contributed by atoms with Crippen molar-refractivity contribution in [2.75, 3.05) is 13.1 Å². The molecule has 2 aromatic carbocycles. The lowest BCUT2D eigenvalue weighted by atomic mass is 10.0. The van der Waals surface area contributed by atoms with Crippen molar-refractivity contribution in [1.82, 2.24) is 10.1 Å². The highest BCUT2D eigenvalue weighted by atomic mass is 19.1. The Morgan fingerprint density at radius 1 is 1.04 bits per heavy atom. The number of hydrogen-bond acceptors (Lipinski definition) is 4. The monoisotopic (exact) mass is 342 g/mol. The van der Waals surface area contributed by atoms with E-state index in [-0.39, 0.29) is 11.6 Å². The van der Waals surface area contributed by atoms with E-state index in [4.69, 9.17) is 4.52 Å². The third-order valence-electron chi connectivity index (χ3n) is 4.30. The molecule has 0 aliphatic heterocycles. The van der Waals surface area contributed by atoms with Gasteiger partial charge in [0.15, 0.2) is 5.58 Å². The Hall–Kier alpha value is -2.40. The summed E-state index contributed by atoms with van der Waals surface area (Å²) in [5, 5.41) is 15.3. The van der Waals surface area contributed by atoms with Crippen molar-refractivity contribution < 1.29 is 14.0 Å². The van der Waals surface area contributed by atoms with Crippen molar-refractivity contribution in [2.24, 2.45) is 0 Å². The van der Waals surface area contributed by atoms with Gasteiger partial charge in [0.1, 0.15) is 17.3 Å². The number of aromatic nitrogens is 1. The molecule has 0 aliphatic carbocycles. The zero-order valence-electron chi connectivity index (χ0n) is 14.6. The molecule has 1 heterocycles. The van der Waals surface area contributed by atoms with Crippen LogP contribution < -0.4 is 0 Å². The van der Waals surface area contributed by atoms with E-state index in [1.54, 1.807) is 24.3 Å². The van der Waals surface area contributed by atoms with E-state index >= 15 is 0 Å². The predicted octanol–water partition coefficient (Wildman–Crippen LogP) is 4.96. The number of rotatable bonds is 7. The first-order valence-electron chi connectivity index (χ1n) is 8.72. The molecule has 3 aromatic rings. The van der Waals surface area contributed by atoms with Gasteiger partial charge >= 0.3 is 0 Å². The summed E-state index contributed by atoms with van der Waals surface area (Å²) in [6, 6.07) is 9.65. The van der Waals surface area contributed by atoms with Gasteiger partial charge in [-0.05, 0) is 62.3 Å². The van der Waals surface area contributed by atoms with Gasteiger partial charge in [-0.1, -0.05) is 19.0 Å². The fourth-order valence-electron chi connectivity index (χ4n) is 3.14. The fourth-order valence-corrected chi connectivity index (χ4v) is 3.14. The van der Waals surface area contributed by atoms with Crippen molar-refractivity contribution in [3.8, 4) is 17.0 Å². The molecule has 5 heteroatoms. The van der Waals surface area contributed by atoms with E-state index in [0.29, 0.717) is 17.8 Å². The number of phenols is 1. The first kappa shape index (κ1) is 17.4. The lowest BCUT2D eigenvalue weighted by Crippen LogP contribution is -2.25. The Morgan fingerprint density at radius 3 is 2.36 bits per heavy atom. The minimum absolute atomic E-state index is 0.214. The average molecular weight is 342 g/mol. The van der Waals surface area contributed by atoms with Crippen molar-refractivity contribution in [2.45, 2.75) is 33.2 Å². The molecule has 132 valence electrons. The Morgan fingerprint density at radius 2 is 1.72 bits per heavy atom. The van der Waals surface area contributed by atoms with Gasteiger partial charge < -0.3 is 9.63 Å². The second kappa shape index (κ2) is 7.66. The van der Waals surface area contributed by atoms with Gasteiger partial charge in [0.05, 0.1) is 10.9 Å². The quantitative estimate of drug-likeness (QED) is 0.659. The Kier molecular flexibility index (Phi) is 5.34. The molecular formula is C20H23FN2O2. The molecule has 0 amide bonds. The van der Waals surface area contributed by atoms with Crippen molar-refractivity contribution in [3.63, 3.8) is 0 Å². The summed E-state index contributed by atoms with van der Waals surface area (Å²) in [6.07, 6.45) is 2.10. The minimum atomic E-state index is -0.287. The summed E-state index contributed by atoms with van der Waals surface area (Å²) in [7, 11) is 0. The van der Waals surface area contributed by atoms with Crippen LogP contribution in [0.1, 0.15) is 32.3 Å². The van der Waals surface area contributed by atoms with E-state index < -0.39 is 0 Å². The molecule has 0 aliphatic rings. The van der Waals surface area contributed by atoms with Gasteiger partial charge in [0, 0.05) is 12.1 Å². The van der Waals surface area contributed by atoms with Crippen LogP contribution in [0.2, 0.25) is 0 Å². The highest BCUT2D eigenvalue weighted by Crippen LogP contribution is 2.34. The standard InChI is InChI=1S/C20H23FN2O2/c1-3-11-23(12-4-2)13-17-18(24)10-9-16-19(22-25-20(16)17)14-5-7-15(21)8-6-14/h5-10,24H,3-4,11-13H2,1-2H3. The van der Waals surface area contributed by atoms with Gasteiger partial charge in [0.25, 0.3) is 0 Å². The first-order valence-corrected chi connectivity index (χ1v) is 8.72. The maximum Gasteiger partial charge on any atom is 0.175 e. The highest BCUT2D eigenvalue weighted by molar-refractivity contribution is 5.94. The molecule has 0 unspecified atom stereocenters. The molecule has 0 atom stereocenters. The van der Waals surface area contributed by atoms with Crippen LogP contribution in [0, 0.1) is 5.82 Å². The summed E-state index contributed by atoms with van der Waals surface area (Å²) in [6.45, 7) is 6.82. The number of phenolic OH excluding ortho intramolecular Hbond substituents is 1. The maximum atomic E-state index is 13.2. The van der Waals surface area contributed by atoms with E-state index in [2.05, 4.69) is 23.9 Å². The van der Waals surface area contributed by atoms with Crippen LogP contribution >= 0.6 is 0 Å². The van der Waals surface area contributed by atoms with Gasteiger partial charge in [-0.3, -0.25) is 4.90 Å². The van der Waals surface area contributed by atoms with Gasteiger partial charge in [-0.2, -0.15) is 0 Å². The smallest absolute Gasteiger partial charge is 0.175 e. The van der Waals surface area contributed by atoms with Crippen LogP contribution in [0.3, 0.4) is 0 Å². The maximum absolute atomic E-state index is 13.2. The van der Waals surface area contributed by atoms with E-state index in [1.165, 1.54) is 12.1 Å². The summed E-state index contributed by atoms with van der Waals surface area (Å²) < 4.78 is 18.7.